The maximum absolute atomic E-state index is 15.0. The van der Waals surface area contributed by atoms with Gasteiger partial charge in [-0.2, -0.15) is 0 Å². The van der Waals surface area contributed by atoms with Gasteiger partial charge in [-0.05, 0) is 91.1 Å². The predicted octanol–water partition coefficient (Wildman–Crippen LogP) is 15.9. The second-order valence-corrected chi connectivity index (χ2v) is 19.4. The largest absolute Gasteiger partial charge is 0.678 e. The number of halogens is 4. The Kier molecular flexibility index (Phi) is 12.6. The number of fused-ring (bicyclic) bond motifs is 3. The number of amidine groups is 2. The van der Waals surface area contributed by atoms with Crippen LogP contribution >= 0.6 is 22.7 Å². The molecule has 0 saturated heterocycles. The Hall–Kier alpha value is -8.71. The van der Waals surface area contributed by atoms with Crippen molar-refractivity contribution in [2.24, 2.45) is 9.98 Å². The highest BCUT2D eigenvalue weighted by molar-refractivity contribution is 7.22. The van der Waals surface area contributed by atoms with Crippen molar-refractivity contribution < 1.29 is 17.3 Å². The maximum Gasteiger partial charge on any atom is 0.678 e. The topological polar surface area (TPSA) is 57.0 Å². The number of nitrogens with zero attached hydrogens (tertiary/aromatic N) is 6. The van der Waals surface area contributed by atoms with Crippen molar-refractivity contribution in [2.45, 2.75) is 0 Å². The Morgan fingerprint density at radius 3 is 0.892 bits per heavy atom. The number of aromatic nitrogens is 2. The van der Waals surface area contributed by atoms with E-state index in [2.05, 4.69) is 82.8 Å². The first-order chi connectivity index (χ1) is 36.3. The van der Waals surface area contributed by atoms with Gasteiger partial charge in [0.2, 0.25) is 10.3 Å². The molecule has 12 rings (SSSR count). The molecule has 0 N–H and O–H groups in total. The van der Waals surface area contributed by atoms with Crippen LogP contribution in [0.4, 0.5) is 27.5 Å². The van der Waals surface area contributed by atoms with Crippen LogP contribution in [0, 0.1) is 0 Å². The summed E-state index contributed by atoms with van der Waals surface area (Å²) < 4.78 is 61.7. The highest BCUT2D eigenvalue weighted by atomic mass is 32.1. The molecule has 0 saturated carbocycles. The third-order valence-corrected chi connectivity index (χ3v) is 14.7. The summed E-state index contributed by atoms with van der Waals surface area (Å²) >= 11 is 2.46. The lowest BCUT2D eigenvalue weighted by Gasteiger charge is -2.18. The molecule has 6 nitrogen and oxygen atoms in total. The Labute approximate surface area is 433 Å². The molecule has 0 aliphatic carbocycles. The lowest BCUT2D eigenvalue weighted by atomic mass is 9.86. The molecule has 14 heteroatoms. The summed E-state index contributed by atoms with van der Waals surface area (Å²) in [4.78, 5) is 20.2. The molecule has 354 valence electrons. The van der Waals surface area contributed by atoms with E-state index in [-0.39, 0.29) is 33.1 Å². The Morgan fingerprint density at radius 1 is 0.351 bits per heavy atom. The minimum atomic E-state index is -3.05. The van der Waals surface area contributed by atoms with Gasteiger partial charge >= 0.3 is 14.8 Å². The molecule has 0 amide bonds. The molecule has 0 fully saturated rings. The van der Waals surface area contributed by atoms with Crippen LogP contribution in [0.15, 0.2) is 252 Å². The van der Waals surface area contributed by atoms with Crippen LogP contribution in [0.2, 0.25) is 0 Å². The smallest absolute Gasteiger partial charge is 0.316 e. The van der Waals surface area contributed by atoms with Crippen molar-refractivity contribution >= 4 is 102 Å². The van der Waals surface area contributed by atoms with Gasteiger partial charge < -0.3 is 9.62 Å². The van der Waals surface area contributed by atoms with Crippen molar-refractivity contribution in [3.63, 3.8) is 0 Å². The number of rotatable bonds is 12. The minimum Gasteiger partial charge on any atom is -0.316 e. The number of hydrogen-bond acceptors (Lipinski definition) is 6. The zero-order chi connectivity index (χ0) is 50.1. The van der Waals surface area contributed by atoms with Crippen molar-refractivity contribution in [1.82, 2.24) is 19.6 Å². The molecule has 74 heavy (non-hydrogen) atoms. The first kappa shape index (κ1) is 46.4. The van der Waals surface area contributed by atoms with Crippen molar-refractivity contribution in [1.29, 1.82) is 0 Å². The van der Waals surface area contributed by atoms with Crippen molar-refractivity contribution in [3.05, 3.63) is 286 Å². The molecule has 0 atom stereocenters. The van der Waals surface area contributed by atoms with Crippen molar-refractivity contribution in [2.75, 3.05) is 0 Å². The second kappa shape index (κ2) is 20.1. The summed E-state index contributed by atoms with van der Waals surface area (Å²) in [6.45, 7) is 0. The fourth-order valence-corrected chi connectivity index (χ4v) is 11.3. The highest BCUT2D eigenvalue weighted by Gasteiger charge is 2.45. The third kappa shape index (κ3) is 8.99. The van der Waals surface area contributed by atoms with Gasteiger partial charge in [-0.3, -0.25) is 17.3 Å². The summed E-state index contributed by atoms with van der Waals surface area (Å²) in [7, 11) is -6.10. The van der Waals surface area contributed by atoms with Crippen LogP contribution in [0.5, 0.6) is 0 Å². The molecule has 0 spiro atoms. The van der Waals surface area contributed by atoms with Crippen LogP contribution < -0.4 is 0 Å². The van der Waals surface area contributed by atoms with Gasteiger partial charge in [-0.25, -0.2) is 20.0 Å². The zero-order valence-corrected chi connectivity index (χ0v) is 40.7. The molecule has 10 aromatic rings. The van der Waals surface area contributed by atoms with Crippen LogP contribution in [0.3, 0.4) is 0 Å². The molecule has 2 aliphatic rings. The molecule has 8 aromatic carbocycles. The second-order valence-electron chi connectivity index (χ2n) is 17.4. The SMILES string of the molecule is FB(F)N1C=C2C(=CN(B(F)F)/C2=N/c2nc3ccc(C(=C(c4ccccc4)c4ccccc4)c4ccccc4)cc3s2)/C1=N\c1nc2ccc(C(=C(c3ccccc3)c3ccccc3)c3ccccc3)cc2s1. The number of aliphatic imine (C=N–C) groups is 2. The van der Waals surface area contributed by atoms with Gasteiger partial charge in [0.25, 0.3) is 0 Å². The summed E-state index contributed by atoms with van der Waals surface area (Å²) in [5.41, 5.74) is 13.4. The standard InChI is InChI=1S/C60H38B2F4N6S2/c63-61(64)71-38-48-47(57(71)69-59-67-49-33-31-45(35-51(49)73-59)55(43-27-15-5-16-28-43)53(39-19-7-1-8-20-39)40-21-9-2-10-22-40)37-72(62(65)66)58(48)70-60-68-50-34-32-46(36-52(50)74-60)56(44-29-17-6-18-30-44)54(41-23-11-3-12-24-41)42-25-13-4-14-26-42/h1-38H/b69-57+,70-58+. The Bertz CT molecular complexity index is 3560. The van der Waals surface area contributed by atoms with E-state index in [0.29, 0.717) is 20.7 Å². The molecule has 0 radical (unpaired) electrons. The average Bonchev–Trinajstić information content (AvgIpc) is 4.23. The lowest BCUT2D eigenvalue weighted by molar-refractivity contribution is 0.559. The summed E-state index contributed by atoms with van der Waals surface area (Å²) in [6, 6.07) is 73.0. The van der Waals surface area contributed by atoms with Gasteiger partial charge in [0, 0.05) is 23.5 Å². The highest BCUT2D eigenvalue weighted by Crippen LogP contribution is 2.43. The van der Waals surface area contributed by atoms with Crippen LogP contribution in [0.25, 0.3) is 42.7 Å². The van der Waals surface area contributed by atoms with Crippen LogP contribution in [0.1, 0.15) is 44.5 Å². The molecule has 2 aromatic heterocycles. The van der Waals surface area contributed by atoms with E-state index in [9.17, 15) is 0 Å². The first-order valence-electron chi connectivity index (χ1n) is 23.7. The van der Waals surface area contributed by atoms with Crippen LogP contribution in [-0.2, 0) is 0 Å². The number of thiazole rings is 2. The fraction of sp³-hybridized carbons (Fsp3) is 0. The molecule has 0 bridgehead atoms. The van der Waals surface area contributed by atoms with E-state index in [4.69, 9.17) is 9.97 Å². The monoisotopic (exact) mass is 1000 g/mol. The summed E-state index contributed by atoms with van der Waals surface area (Å²) in [5.74, 6) is -0.431. The van der Waals surface area contributed by atoms with E-state index >= 15 is 17.3 Å². The quantitative estimate of drug-likeness (QED) is 0.0695. The minimum absolute atomic E-state index is 0.0735. The predicted molar refractivity (Wildman–Crippen MR) is 298 cm³/mol. The molecular weight excluding hydrogens is 966 g/mol. The number of hydrogen-bond donors (Lipinski definition) is 0. The molecule has 0 unspecified atom stereocenters. The molecular formula is C60H38B2F4N6S2. The normalized spacial score (nSPS) is 14.1. The van der Waals surface area contributed by atoms with E-state index < -0.39 is 14.8 Å². The van der Waals surface area contributed by atoms with Gasteiger partial charge in [0.15, 0.2) is 0 Å². The average molecular weight is 1000 g/mol. The van der Waals surface area contributed by atoms with E-state index in [0.717, 1.165) is 88.6 Å². The van der Waals surface area contributed by atoms with Gasteiger partial charge in [-0.1, -0.05) is 217 Å². The summed E-state index contributed by atoms with van der Waals surface area (Å²) in [5, 5.41) is 0.375. The Morgan fingerprint density at radius 2 is 0.622 bits per heavy atom. The van der Waals surface area contributed by atoms with E-state index in [1.807, 2.05) is 146 Å². The maximum atomic E-state index is 15.0. The summed E-state index contributed by atoms with van der Waals surface area (Å²) in [6.07, 6.45) is 2.26. The first-order valence-corrected chi connectivity index (χ1v) is 25.4. The number of benzene rings is 8. The van der Waals surface area contributed by atoms with Crippen molar-refractivity contribution in [3.8, 4) is 0 Å². The third-order valence-electron chi connectivity index (χ3n) is 12.8. The van der Waals surface area contributed by atoms with Gasteiger partial charge in [0.05, 0.1) is 20.4 Å². The Balaban J connectivity index is 0.919. The van der Waals surface area contributed by atoms with Gasteiger partial charge in [0.1, 0.15) is 11.7 Å². The molecule has 4 heterocycles. The van der Waals surface area contributed by atoms with Crippen LogP contribution in [-0.4, -0.2) is 46.1 Å². The van der Waals surface area contributed by atoms with E-state index in [1.165, 1.54) is 22.7 Å². The van der Waals surface area contributed by atoms with E-state index in [1.54, 1.807) is 0 Å². The lowest BCUT2D eigenvalue weighted by Crippen LogP contribution is -2.34. The molecule has 2 aliphatic heterocycles. The zero-order valence-electron chi connectivity index (χ0n) is 39.1. The van der Waals surface area contributed by atoms with Gasteiger partial charge in [-0.15, -0.1) is 0 Å². The fourth-order valence-electron chi connectivity index (χ4n) is 9.57.